The van der Waals surface area contributed by atoms with Crippen molar-refractivity contribution in [2.45, 2.75) is 85.2 Å². The van der Waals surface area contributed by atoms with E-state index in [0.29, 0.717) is 6.42 Å². The Morgan fingerprint density at radius 2 is 1.46 bits per heavy atom. The van der Waals surface area contributed by atoms with Gasteiger partial charge in [-0.2, -0.15) is 0 Å². The first-order valence-electron chi connectivity index (χ1n) is 12.3. The summed E-state index contributed by atoms with van der Waals surface area (Å²) in [4.78, 5) is 61.5. The summed E-state index contributed by atoms with van der Waals surface area (Å²) in [6.07, 6.45) is -0.400. The fourth-order valence-electron chi connectivity index (χ4n) is 3.05. The van der Waals surface area contributed by atoms with Gasteiger partial charge in [-0.15, -0.1) is 0 Å². The summed E-state index contributed by atoms with van der Waals surface area (Å²) in [5.74, 6) is -2.29. The van der Waals surface area contributed by atoms with E-state index in [2.05, 4.69) is 21.3 Å². The Labute approximate surface area is 218 Å². The van der Waals surface area contributed by atoms with Gasteiger partial charge in [0, 0.05) is 0 Å². The average molecular weight is 521 g/mol. The van der Waals surface area contributed by atoms with E-state index in [1.165, 1.54) is 13.8 Å². The third-order valence-electron chi connectivity index (χ3n) is 4.84. The Morgan fingerprint density at radius 3 is 2.03 bits per heavy atom. The zero-order chi connectivity index (χ0) is 28.2. The third kappa shape index (κ3) is 13.3. The number of ether oxygens (including phenoxy) is 2. The van der Waals surface area contributed by atoms with E-state index in [0.717, 1.165) is 5.56 Å². The Morgan fingerprint density at radius 1 is 0.838 bits per heavy atom. The molecule has 1 aromatic carbocycles. The number of rotatable bonds is 12. The van der Waals surface area contributed by atoms with Crippen LogP contribution in [-0.4, -0.2) is 60.1 Å². The molecule has 0 spiro atoms. The minimum Gasteiger partial charge on any atom is -0.459 e. The SMILES string of the molecule is CC(C)C[C@H](NC(=O)OC(C)(C)C)C(=O)NCC(=O)N[C@@H](C)C(=O)N[C@@H](C)C(=O)OCc1ccccc1. The van der Waals surface area contributed by atoms with Crippen LogP contribution in [0.3, 0.4) is 0 Å². The van der Waals surface area contributed by atoms with E-state index in [1.54, 1.807) is 20.8 Å². The van der Waals surface area contributed by atoms with Crippen molar-refractivity contribution in [3.8, 4) is 0 Å². The van der Waals surface area contributed by atoms with Crippen LogP contribution in [0.2, 0.25) is 0 Å². The number of carbonyl (C=O) groups is 5. The molecule has 1 rings (SSSR count). The lowest BCUT2D eigenvalue weighted by Crippen LogP contribution is -2.53. The minimum atomic E-state index is -0.972. The van der Waals surface area contributed by atoms with Gasteiger partial charge in [0.2, 0.25) is 17.7 Å². The summed E-state index contributed by atoms with van der Waals surface area (Å²) < 4.78 is 10.4. The molecule has 0 aliphatic carbocycles. The Bertz CT molecular complexity index is 929. The van der Waals surface area contributed by atoms with E-state index in [4.69, 9.17) is 9.47 Å². The standard InChI is InChI=1S/C26H40N4O7/c1-16(2)13-20(30-25(35)37-26(5,6)7)23(33)27-14-21(31)28-17(3)22(32)29-18(4)24(34)36-15-19-11-9-8-10-12-19/h8-12,16-18,20H,13-15H2,1-7H3,(H,27,33)(H,28,31)(H,29,32)(H,30,35)/t17-,18-,20-/m0/s1. The maximum Gasteiger partial charge on any atom is 0.408 e. The van der Waals surface area contributed by atoms with E-state index >= 15 is 0 Å². The first-order valence-corrected chi connectivity index (χ1v) is 12.3. The first kappa shape index (κ1) is 31.4. The molecule has 0 heterocycles. The number of alkyl carbamates (subject to hydrolysis) is 1. The number of esters is 1. The van der Waals surface area contributed by atoms with Crippen molar-refractivity contribution < 1.29 is 33.4 Å². The average Bonchev–Trinajstić information content (AvgIpc) is 2.79. The van der Waals surface area contributed by atoms with Gasteiger partial charge in [-0.25, -0.2) is 9.59 Å². The van der Waals surface area contributed by atoms with Crippen LogP contribution in [0.5, 0.6) is 0 Å². The first-order chi connectivity index (χ1) is 17.2. The summed E-state index contributed by atoms with van der Waals surface area (Å²) in [6.45, 7) is 11.5. The molecule has 11 nitrogen and oxygen atoms in total. The van der Waals surface area contributed by atoms with Gasteiger partial charge in [0.25, 0.3) is 0 Å². The zero-order valence-electron chi connectivity index (χ0n) is 22.7. The molecular formula is C26H40N4O7. The van der Waals surface area contributed by atoms with Gasteiger partial charge < -0.3 is 30.7 Å². The Hall–Kier alpha value is -3.63. The quantitative estimate of drug-likeness (QED) is 0.307. The predicted molar refractivity (Wildman–Crippen MR) is 137 cm³/mol. The molecule has 0 radical (unpaired) electrons. The topological polar surface area (TPSA) is 152 Å². The minimum absolute atomic E-state index is 0.0759. The summed E-state index contributed by atoms with van der Waals surface area (Å²) in [5.41, 5.74) is 0.0874. The fourth-order valence-corrected chi connectivity index (χ4v) is 3.05. The van der Waals surface area contributed by atoms with Crippen LogP contribution in [0.4, 0.5) is 4.79 Å². The highest BCUT2D eigenvalue weighted by atomic mass is 16.6. The van der Waals surface area contributed by atoms with Crippen molar-refractivity contribution in [2.75, 3.05) is 6.54 Å². The van der Waals surface area contributed by atoms with E-state index in [1.807, 2.05) is 44.2 Å². The lowest BCUT2D eigenvalue weighted by Gasteiger charge is -2.24. The van der Waals surface area contributed by atoms with Crippen molar-refractivity contribution in [3.63, 3.8) is 0 Å². The van der Waals surface area contributed by atoms with Crippen molar-refractivity contribution in [1.82, 2.24) is 21.3 Å². The van der Waals surface area contributed by atoms with Gasteiger partial charge in [-0.3, -0.25) is 14.4 Å². The van der Waals surface area contributed by atoms with Crippen molar-refractivity contribution in [2.24, 2.45) is 5.92 Å². The monoisotopic (exact) mass is 520 g/mol. The Balaban J connectivity index is 2.50. The van der Waals surface area contributed by atoms with Crippen LogP contribution in [0.1, 0.15) is 60.5 Å². The molecule has 3 atom stereocenters. The highest BCUT2D eigenvalue weighted by molar-refractivity contribution is 5.93. The second kappa shape index (κ2) is 14.8. The Kier molecular flexibility index (Phi) is 12.6. The fraction of sp³-hybridized carbons (Fsp3) is 0.577. The maximum absolute atomic E-state index is 12.6. The second-order valence-electron chi connectivity index (χ2n) is 10.2. The molecule has 0 aliphatic heterocycles. The highest BCUT2D eigenvalue weighted by Crippen LogP contribution is 2.09. The lowest BCUT2D eigenvalue weighted by atomic mass is 10.0. The van der Waals surface area contributed by atoms with Gasteiger partial charge in [0.1, 0.15) is 30.3 Å². The van der Waals surface area contributed by atoms with Gasteiger partial charge in [-0.1, -0.05) is 44.2 Å². The molecule has 0 bridgehead atoms. The molecule has 0 fully saturated rings. The molecule has 4 N–H and O–H groups in total. The number of benzene rings is 1. The van der Waals surface area contributed by atoms with Crippen LogP contribution in [0.25, 0.3) is 0 Å². The van der Waals surface area contributed by atoms with E-state index < -0.39 is 60.1 Å². The summed E-state index contributed by atoms with van der Waals surface area (Å²) in [5, 5.41) is 9.94. The van der Waals surface area contributed by atoms with Crippen LogP contribution in [0, 0.1) is 5.92 Å². The second-order valence-corrected chi connectivity index (χ2v) is 10.2. The normalized spacial score (nSPS) is 13.5. The highest BCUT2D eigenvalue weighted by Gasteiger charge is 2.26. The smallest absolute Gasteiger partial charge is 0.408 e. The van der Waals surface area contributed by atoms with Gasteiger partial charge in [0.15, 0.2) is 0 Å². The van der Waals surface area contributed by atoms with Gasteiger partial charge in [0.05, 0.1) is 6.54 Å². The van der Waals surface area contributed by atoms with E-state index in [-0.39, 0.29) is 12.5 Å². The number of amides is 4. The molecule has 0 aliphatic rings. The van der Waals surface area contributed by atoms with Gasteiger partial charge >= 0.3 is 12.1 Å². The molecule has 37 heavy (non-hydrogen) atoms. The molecule has 0 aromatic heterocycles. The molecular weight excluding hydrogens is 480 g/mol. The number of hydrogen-bond donors (Lipinski definition) is 4. The summed E-state index contributed by atoms with van der Waals surface area (Å²) in [7, 11) is 0. The van der Waals surface area contributed by atoms with E-state index in [9.17, 15) is 24.0 Å². The number of nitrogens with one attached hydrogen (secondary N) is 4. The van der Waals surface area contributed by atoms with Crippen LogP contribution >= 0.6 is 0 Å². The largest absolute Gasteiger partial charge is 0.459 e. The molecule has 4 amide bonds. The molecule has 0 saturated carbocycles. The van der Waals surface area contributed by atoms with Crippen LogP contribution < -0.4 is 21.3 Å². The lowest BCUT2D eigenvalue weighted by molar-refractivity contribution is -0.148. The molecule has 0 unspecified atom stereocenters. The molecule has 206 valence electrons. The third-order valence-corrected chi connectivity index (χ3v) is 4.84. The van der Waals surface area contributed by atoms with Crippen LogP contribution in [0.15, 0.2) is 30.3 Å². The summed E-state index contributed by atoms with van der Waals surface area (Å²) >= 11 is 0. The maximum atomic E-state index is 12.6. The van der Waals surface area contributed by atoms with Crippen LogP contribution in [-0.2, 0) is 35.3 Å². The molecule has 11 heteroatoms. The number of carbonyl (C=O) groups excluding carboxylic acids is 5. The summed E-state index contributed by atoms with van der Waals surface area (Å²) in [6, 6.07) is 6.32. The molecule has 1 aromatic rings. The van der Waals surface area contributed by atoms with Gasteiger partial charge in [-0.05, 0) is 52.5 Å². The van der Waals surface area contributed by atoms with Crippen molar-refractivity contribution in [1.29, 1.82) is 0 Å². The van der Waals surface area contributed by atoms with Crippen molar-refractivity contribution in [3.05, 3.63) is 35.9 Å². The van der Waals surface area contributed by atoms with Crippen molar-refractivity contribution >= 4 is 29.8 Å². The predicted octanol–water partition coefficient (Wildman–Crippen LogP) is 1.79. The number of hydrogen-bond acceptors (Lipinski definition) is 7. The zero-order valence-corrected chi connectivity index (χ0v) is 22.7. The molecule has 0 saturated heterocycles.